The van der Waals surface area contributed by atoms with Crippen LogP contribution in [0.1, 0.15) is 24.6 Å². The number of amides is 1. The second-order valence-corrected chi connectivity index (χ2v) is 3.93. The van der Waals surface area contributed by atoms with Gasteiger partial charge in [0.1, 0.15) is 5.69 Å². The highest BCUT2D eigenvalue weighted by molar-refractivity contribution is 5.65. The first-order chi connectivity index (χ1) is 7.88. The SMILES string of the molecule is O=C(O)N[C@H]1C[C@H](n2nccc2C(F)(F)F)C1. The van der Waals surface area contributed by atoms with Gasteiger partial charge in [-0.15, -0.1) is 0 Å². The summed E-state index contributed by atoms with van der Waals surface area (Å²) in [5.41, 5.74) is -0.795. The number of alkyl halides is 3. The Bertz CT molecular complexity index is 423. The minimum Gasteiger partial charge on any atom is -0.465 e. The minimum absolute atomic E-state index is 0.289. The maximum Gasteiger partial charge on any atom is 0.433 e. The number of rotatable bonds is 2. The largest absolute Gasteiger partial charge is 0.465 e. The summed E-state index contributed by atoms with van der Waals surface area (Å²) in [6, 6.07) is 0.235. The molecule has 94 valence electrons. The summed E-state index contributed by atoms with van der Waals surface area (Å²) in [6.45, 7) is 0. The first-order valence-electron chi connectivity index (χ1n) is 4.98. The Balaban J connectivity index is 2.02. The van der Waals surface area contributed by atoms with Crippen LogP contribution in [0.25, 0.3) is 0 Å². The molecule has 5 nitrogen and oxygen atoms in total. The molecule has 1 aliphatic carbocycles. The fraction of sp³-hybridized carbons (Fsp3) is 0.556. The summed E-state index contributed by atoms with van der Waals surface area (Å²) in [5, 5.41) is 14.3. The third-order valence-electron chi connectivity index (χ3n) is 2.75. The molecule has 0 spiro atoms. The monoisotopic (exact) mass is 249 g/mol. The van der Waals surface area contributed by atoms with Crippen LogP contribution in [0, 0.1) is 0 Å². The summed E-state index contributed by atoms with van der Waals surface area (Å²) in [6.07, 6.45) is -3.83. The van der Waals surface area contributed by atoms with Crippen LogP contribution in [-0.2, 0) is 6.18 Å². The molecule has 1 heterocycles. The van der Waals surface area contributed by atoms with E-state index in [4.69, 9.17) is 5.11 Å². The number of aromatic nitrogens is 2. The molecule has 1 amide bonds. The van der Waals surface area contributed by atoms with Gasteiger partial charge in [0.05, 0.1) is 6.04 Å². The Morgan fingerprint density at radius 3 is 2.71 bits per heavy atom. The van der Waals surface area contributed by atoms with Gasteiger partial charge in [-0.2, -0.15) is 18.3 Å². The third kappa shape index (κ3) is 2.34. The topological polar surface area (TPSA) is 67.2 Å². The molecule has 2 N–H and O–H groups in total. The van der Waals surface area contributed by atoms with Crippen molar-refractivity contribution >= 4 is 6.09 Å². The van der Waals surface area contributed by atoms with Crippen LogP contribution >= 0.6 is 0 Å². The standard InChI is InChI=1S/C9H10F3N3O2/c10-9(11,12)7-1-2-13-15(7)6-3-5(4-6)14-8(16)17/h1-2,5-6,14H,3-4H2,(H,16,17)/t5-,6-. The molecule has 0 saturated heterocycles. The number of halogens is 3. The quantitative estimate of drug-likeness (QED) is 0.840. The highest BCUT2D eigenvalue weighted by atomic mass is 19.4. The van der Waals surface area contributed by atoms with E-state index in [0.717, 1.165) is 16.9 Å². The third-order valence-corrected chi connectivity index (χ3v) is 2.75. The van der Waals surface area contributed by atoms with Crippen LogP contribution in [0.15, 0.2) is 12.3 Å². The van der Waals surface area contributed by atoms with Gasteiger partial charge < -0.3 is 10.4 Å². The summed E-state index contributed by atoms with van der Waals surface area (Å²) in [4.78, 5) is 10.3. The maximum absolute atomic E-state index is 12.5. The number of nitrogens with zero attached hydrogens (tertiary/aromatic N) is 2. The fourth-order valence-corrected chi connectivity index (χ4v) is 1.91. The molecular formula is C9H10F3N3O2. The predicted molar refractivity (Wildman–Crippen MR) is 50.4 cm³/mol. The van der Waals surface area contributed by atoms with E-state index in [1.54, 1.807) is 0 Å². The molecule has 0 bridgehead atoms. The Morgan fingerprint density at radius 2 is 2.18 bits per heavy atom. The number of carboxylic acid groups (broad SMARTS) is 1. The molecule has 0 atom stereocenters. The second kappa shape index (κ2) is 3.94. The number of carbonyl (C=O) groups is 1. The van der Waals surface area contributed by atoms with E-state index in [9.17, 15) is 18.0 Å². The number of hydrogen-bond donors (Lipinski definition) is 2. The minimum atomic E-state index is -4.43. The summed E-state index contributed by atoms with van der Waals surface area (Å²) in [7, 11) is 0. The van der Waals surface area contributed by atoms with Crippen LogP contribution in [0.3, 0.4) is 0 Å². The van der Waals surface area contributed by atoms with Crippen molar-refractivity contribution in [2.75, 3.05) is 0 Å². The van der Waals surface area contributed by atoms with Gasteiger partial charge in [0.15, 0.2) is 0 Å². The number of nitrogens with one attached hydrogen (secondary N) is 1. The van der Waals surface area contributed by atoms with E-state index >= 15 is 0 Å². The van der Waals surface area contributed by atoms with Crippen molar-refractivity contribution in [3.05, 3.63) is 18.0 Å². The van der Waals surface area contributed by atoms with Crippen molar-refractivity contribution in [2.45, 2.75) is 31.1 Å². The Hall–Kier alpha value is -1.73. The Kier molecular flexibility index (Phi) is 2.72. The average molecular weight is 249 g/mol. The van der Waals surface area contributed by atoms with Gasteiger partial charge in [-0.3, -0.25) is 4.68 Å². The van der Waals surface area contributed by atoms with Gasteiger partial charge in [-0.1, -0.05) is 0 Å². The highest BCUT2D eigenvalue weighted by Crippen LogP contribution is 2.37. The van der Waals surface area contributed by atoms with Crippen molar-refractivity contribution in [3.63, 3.8) is 0 Å². The zero-order chi connectivity index (χ0) is 12.6. The predicted octanol–water partition coefficient (Wildman–Crippen LogP) is 1.87. The van der Waals surface area contributed by atoms with Crippen molar-refractivity contribution in [2.24, 2.45) is 0 Å². The Morgan fingerprint density at radius 1 is 1.53 bits per heavy atom. The molecule has 1 aliphatic rings. The second-order valence-electron chi connectivity index (χ2n) is 3.93. The first kappa shape index (κ1) is 11.7. The lowest BCUT2D eigenvalue weighted by Crippen LogP contribution is -2.45. The highest BCUT2D eigenvalue weighted by Gasteiger charge is 2.40. The molecule has 0 radical (unpaired) electrons. The van der Waals surface area contributed by atoms with Crippen LogP contribution in [0.4, 0.5) is 18.0 Å². The summed E-state index contributed by atoms with van der Waals surface area (Å²) < 4.78 is 38.5. The molecule has 2 rings (SSSR count). The van der Waals surface area contributed by atoms with Gasteiger partial charge in [0.2, 0.25) is 0 Å². The van der Waals surface area contributed by atoms with Crippen LogP contribution in [0.2, 0.25) is 0 Å². The lowest BCUT2D eigenvalue weighted by Gasteiger charge is -2.36. The molecule has 0 aliphatic heterocycles. The van der Waals surface area contributed by atoms with E-state index in [-0.39, 0.29) is 6.04 Å². The van der Waals surface area contributed by atoms with Crippen molar-refractivity contribution in [3.8, 4) is 0 Å². The summed E-state index contributed by atoms with van der Waals surface area (Å²) >= 11 is 0. The van der Waals surface area contributed by atoms with Crippen molar-refractivity contribution < 1.29 is 23.1 Å². The van der Waals surface area contributed by atoms with Gasteiger partial charge in [-0.25, -0.2) is 4.79 Å². The molecule has 0 aromatic carbocycles. The fourth-order valence-electron chi connectivity index (χ4n) is 1.91. The van der Waals surface area contributed by atoms with Crippen molar-refractivity contribution in [1.29, 1.82) is 0 Å². The lowest BCUT2D eigenvalue weighted by molar-refractivity contribution is -0.145. The van der Waals surface area contributed by atoms with Crippen molar-refractivity contribution in [1.82, 2.24) is 15.1 Å². The van der Waals surface area contributed by atoms with E-state index in [1.165, 1.54) is 0 Å². The van der Waals surface area contributed by atoms with E-state index in [1.807, 2.05) is 0 Å². The van der Waals surface area contributed by atoms with Gasteiger partial charge in [-0.05, 0) is 18.9 Å². The summed E-state index contributed by atoms with van der Waals surface area (Å²) in [5.74, 6) is 0. The van der Waals surface area contributed by atoms with Crippen LogP contribution in [0.5, 0.6) is 0 Å². The Labute approximate surface area is 94.2 Å². The van der Waals surface area contributed by atoms with Gasteiger partial charge >= 0.3 is 12.3 Å². The molecular weight excluding hydrogens is 239 g/mol. The molecule has 1 aromatic rings. The zero-order valence-electron chi connectivity index (χ0n) is 8.61. The normalized spacial score (nSPS) is 24.2. The van der Waals surface area contributed by atoms with Crippen LogP contribution in [-0.4, -0.2) is 27.0 Å². The van der Waals surface area contributed by atoms with Gasteiger partial charge in [0.25, 0.3) is 0 Å². The van der Waals surface area contributed by atoms with E-state index in [0.29, 0.717) is 12.8 Å². The smallest absolute Gasteiger partial charge is 0.433 e. The average Bonchev–Trinajstić information content (AvgIpc) is 2.57. The molecule has 0 unspecified atom stereocenters. The molecule has 1 aromatic heterocycles. The van der Waals surface area contributed by atoms with E-state index in [2.05, 4.69) is 10.4 Å². The lowest BCUT2D eigenvalue weighted by atomic mass is 9.87. The molecule has 1 saturated carbocycles. The maximum atomic E-state index is 12.5. The number of hydrogen-bond acceptors (Lipinski definition) is 2. The molecule has 8 heteroatoms. The van der Waals surface area contributed by atoms with Gasteiger partial charge in [0, 0.05) is 12.2 Å². The first-order valence-corrected chi connectivity index (χ1v) is 4.98. The molecule has 17 heavy (non-hydrogen) atoms. The molecule has 1 fully saturated rings. The van der Waals surface area contributed by atoms with E-state index < -0.39 is 24.0 Å². The zero-order valence-corrected chi connectivity index (χ0v) is 8.61. The van der Waals surface area contributed by atoms with Crippen LogP contribution < -0.4 is 5.32 Å².